The molecule has 168 valence electrons. The quantitative estimate of drug-likeness (QED) is 0.676. The van der Waals surface area contributed by atoms with Crippen molar-refractivity contribution in [1.82, 2.24) is 29.6 Å². The van der Waals surface area contributed by atoms with Gasteiger partial charge in [0.2, 0.25) is 5.95 Å². The minimum absolute atomic E-state index is 0.0000172. The molecule has 2 aliphatic rings. The number of carbonyl (C=O) groups excluding carboxylic acids is 1. The molecule has 5 rings (SSSR count). The highest BCUT2D eigenvalue weighted by Crippen LogP contribution is 2.31. The molecule has 0 radical (unpaired) electrons. The molecule has 1 unspecified atom stereocenters. The smallest absolute Gasteiger partial charge is 0.269 e. The minimum atomic E-state index is -0.123. The van der Waals surface area contributed by atoms with E-state index in [1.807, 2.05) is 17.7 Å². The van der Waals surface area contributed by atoms with Crippen LogP contribution in [0.3, 0.4) is 0 Å². The van der Waals surface area contributed by atoms with Gasteiger partial charge in [-0.3, -0.25) is 18.8 Å². The van der Waals surface area contributed by atoms with Crippen molar-refractivity contribution in [2.75, 3.05) is 18.0 Å². The summed E-state index contributed by atoms with van der Waals surface area (Å²) in [5.74, 6) is 0.496. The first kappa shape index (κ1) is 20.7. The van der Waals surface area contributed by atoms with Gasteiger partial charge in [-0.05, 0) is 44.2 Å². The zero-order valence-corrected chi connectivity index (χ0v) is 18.6. The molecule has 1 aliphatic heterocycles. The number of nitrogens with one attached hydrogen (secondary N) is 1. The van der Waals surface area contributed by atoms with Crippen molar-refractivity contribution in [2.24, 2.45) is 7.05 Å². The fraction of sp³-hybridized carbons (Fsp3) is 0.522. The molecule has 0 bridgehead atoms. The monoisotopic (exact) mass is 435 g/mol. The molecule has 3 aromatic rings. The molecule has 0 spiro atoms. The van der Waals surface area contributed by atoms with E-state index >= 15 is 0 Å². The van der Waals surface area contributed by atoms with Gasteiger partial charge in [0.1, 0.15) is 11.3 Å². The van der Waals surface area contributed by atoms with Crippen molar-refractivity contribution in [2.45, 2.75) is 57.5 Å². The summed E-state index contributed by atoms with van der Waals surface area (Å²) in [7, 11) is 1.76. The average Bonchev–Trinajstić information content (AvgIpc) is 3.45. The van der Waals surface area contributed by atoms with E-state index in [0.717, 1.165) is 61.7 Å². The number of carbonyl (C=O) groups is 1. The molecule has 1 amide bonds. The fourth-order valence-corrected chi connectivity index (χ4v) is 5.06. The Kier molecular flexibility index (Phi) is 5.40. The summed E-state index contributed by atoms with van der Waals surface area (Å²) in [5, 5.41) is 8.13. The van der Waals surface area contributed by atoms with Gasteiger partial charge in [-0.15, -0.1) is 0 Å². The highest BCUT2D eigenvalue weighted by Gasteiger charge is 2.26. The molecule has 1 atom stereocenters. The molecule has 1 saturated carbocycles. The van der Waals surface area contributed by atoms with Crippen molar-refractivity contribution >= 4 is 22.9 Å². The van der Waals surface area contributed by atoms with Gasteiger partial charge in [0, 0.05) is 56.1 Å². The van der Waals surface area contributed by atoms with E-state index in [2.05, 4.69) is 20.3 Å². The summed E-state index contributed by atoms with van der Waals surface area (Å²) >= 11 is 0. The van der Waals surface area contributed by atoms with Crippen LogP contribution in [-0.2, 0) is 7.05 Å². The van der Waals surface area contributed by atoms with Crippen molar-refractivity contribution < 1.29 is 4.79 Å². The highest BCUT2D eigenvalue weighted by molar-refractivity contribution is 5.92. The molecule has 2 fully saturated rings. The molecule has 4 heterocycles. The molecular formula is C23H29N7O2. The molecule has 3 aromatic heterocycles. The van der Waals surface area contributed by atoms with Gasteiger partial charge < -0.3 is 10.2 Å². The SMILES string of the molecule is Cc1cc(=O)n(C2CCCC2)c2nc(N3CCCC(NC(=O)c4ccnn4C)C3)ncc12. The van der Waals surface area contributed by atoms with Crippen LogP contribution in [0, 0.1) is 6.92 Å². The highest BCUT2D eigenvalue weighted by atomic mass is 16.2. The first-order chi connectivity index (χ1) is 15.5. The normalized spacial score (nSPS) is 19.6. The third kappa shape index (κ3) is 3.76. The van der Waals surface area contributed by atoms with Crippen LogP contribution in [-0.4, -0.2) is 49.4 Å². The largest absolute Gasteiger partial charge is 0.346 e. The zero-order chi connectivity index (χ0) is 22.2. The maximum absolute atomic E-state index is 12.9. The number of piperidine rings is 1. The van der Waals surface area contributed by atoms with Crippen LogP contribution in [0.25, 0.3) is 11.0 Å². The van der Waals surface area contributed by atoms with Crippen LogP contribution < -0.4 is 15.8 Å². The van der Waals surface area contributed by atoms with E-state index in [-0.39, 0.29) is 23.6 Å². The Labute approximate surface area is 186 Å². The third-order valence-electron chi connectivity index (χ3n) is 6.77. The summed E-state index contributed by atoms with van der Waals surface area (Å²) in [6.07, 6.45) is 9.63. The molecule has 1 aliphatic carbocycles. The number of aryl methyl sites for hydroxylation is 2. The molecule has 32 heavy (non-hydrogen) atoms. The van der Waals surface area contributed by atoms with Gasteiger partial charge in [-0.2, -0.15) is 10.1 Å². The van der Waals surface area contributed by atoms with Gasteiger partial charge in [0.25, 0.3) is 11.5 Å². The first-order valence-electron chi connectivity index (χ1n) is 11.4. The van der Waals surface area contributed by atoms with Crippen LogP contribution in [0.1, 0.15) is 60.6 Å². The summed E-state index contributed by atoms with van der Waals surface area (Å²) in [6.45, 7) is 3.40. The summed E-state index contributed by atoms with van der Waals surface area (Å²) in [6, 6.07) is 3.63. The van der Waals surface area contributed by atoms with Gasteiger partial charge >= 0.3 is 0 Å². The number of anilines is 1. The number of pyridine rings is 1. The van der Waals surface area contributed by atoms with Crippen molar-refractivity contribution in [3.8, 4) is 0 Å². The van der Waals surface area contributed by atoms with Crippen LogP contribution in [0.15, 0.2) is 29.3 Å². The van der Waals surface area contributed by atoms with Crippen molar-refractivity contribution in [3.05, 3.63) is 46.1 Å². The minimum Gasteiger partial charge on any atom is -0.346 e. The van der Waals surface area contributed by atoms with E-state index in [0.29, 0.717) is 18.2 Å². The van der Waals surface area contributed by atoms with Crippen LogP contribution >= 0.6 is 0 Å². The Hall–Kier alpha value is -3.23. The topological polar surface area (TPSA) is 97.9 Å². The van der Waals surface area contributed by atoms with E-state index < -0.39 is 0 Å². The molecule has 1 N–H and O–H groups in total. The Morgan fingerprint density at radius 2 is 2.00 bits per heavy atom. The summed E-state index contributed by atoms with van der Waals surface area (Å²) in [4.78, 5) is 37.1. The number of nitrogens with zero attached hydrogens (tertiary/aromatic N) is 6. The number of amides is 1. The van der Waals surface area contributed by atoms with E-state index in [9.17, 15) is 9.59 Å². The Morgan fingerprint density at radius 3 is 2.75 bits per heavy atom. The molecule has 9 heteroatoms. The third-order valence-corrected chi connectivity index (χ3v) is 6.77. The maximum Gasteiger partial charge on any atom is 0.269 e. The second-order valence-corrected chi connectivity index (χ2v) is 8.98. The lowest BCUT2D eigenvalue weighted by atomic mass is 10.1. The lowest BCUT2D eigenvalue weighted by Gasteiger charge is -2.33. The zero-order valence-electron chi connectivity index (χ0n) is 18.6. The second kappa shape index (κ2) is 8.37. The molecular weight excluding hydrogens is 406 g/mol. The van der Waals surface area contributed by atoms with Crippen molar-refractivity contribution in [3.63, 3.8) is 0 Å². The van der Waals surface area contributed by atoms with Crippen LogP contribution in [0.5, 0.6) is 0 Å². The van der Waals surface area contributed by atoms with Gasteiger partial charge in [-0.25, -0.2) is 4.98 Å². The van der Waals surface area contributed by atoms with Crippen LogP contribution in [0.2, 0.25) is 0 Å². The van der Waals surface area contributed by atoms with E-state index in [1.165, 1.54) is 0 Å². The number of hydrogen-bond acceptors (Lipinski definition) is 6. The van der Waals surface area contributed by atoms with Gasteiger partial charge in [0.05, 0.1) is 0 Å². The lowest BCUT2D eigenvalue weighted by Crippen LogP contribution is -2.48. The second-order valence-electron chi connectivity index (χ2n) is 8.98. The average molecular weight is 436 g/mol. The number of aromatic nitrogens is 5. The standard InChI is InChI=1S/C23H29N7O2/c1-15-12-20(31)30(17-7-3-4-8-17)21-18(15)13-24-23(27-21)29-11-5-6-16(14-29)26-22(32)19-9-10-25-28(19)2/h9-10,12-13,16-17H,3-8,11,14H2,1-2H3,(H,26,32). The predicted octanol–water partition coefficient (Wildman–Crippen LogP) is 2.35. The van der Waals surface area contributed by atoms with E-state index in [4.69, 9.17) is 4.98 Å². The Bertz CT molecular complexity index is 1210. The molecule has 1 saturated heterocycles. The number of rotatable bonds is 4. The van der Waals surface area contributed by atoms with Gasteiger partial charge in [-0.1, -0.05) is 12.8 Å². The van der Waals surface area contributed by atoms with Crippen LogP contribution in [0.4, 0.5) is 5.95 Å². The summed E-state index contributed by atoms with van der Waals surface area (Å²) in [5.41, 5.74) is 2.20. The molecule has 9 nitrogen and oxygen atoms in total. The maximum atomic E-state index is 12.9. The molecule has 0 aromatic carbocycles. The fourth-order valence-electron chi connectivity index (χ4n) is 5.06. The van der Waals surface area contributed by atoms with E-state index in [1.54, 1.807) is 30.1 Å². The Morgan fingerprint density at radius 1 is 1.19 bits per heavy atom. The Balaban J connectivity index is 1.42. The first-order valence-corrected chi connectivity index (χ1v) is 11.4. The number of fused-ring (bicyclic) bond motifs is 1. The summed E-state index contributed by atoms with van der Waals surface area (Å²) < 4.78 is 3.46. The van der Waals surface area contributed by atoms with Gasteiger partial charge in [0.15, 0.2) is 0 Å². The lowest BCUT2D eigenvalue weighted by molar-refractivity contribution is 0.0923. The number of hydrogen-bond donors (Lipinski definition) is 1. The predicted molar refractivity (Wildman–Crippen MR) is 122 cm³/mol. The van der Waals surface area contributed by atoms with Crippen molar-refractivity contribution in [1.29, 1.82) is 0 Å².